The molecule has 0 spiro atoms. The zero-order chi connectivity index (χ0) is 48.5. The lowest BCUT2D eigenvalue weighted by Gasteiger charge is -2.30. The standard InChI is InChI=1S/C57H105N2O6P/c1-6-8-10-12-13-14-15-16-17-18-19-20-21-22-23-24-25-26-27-28-29-30-31-32-33-34-35-36-37-38-39-40-41-42-43-44-45-47-49-51-57(61)58-55(56(60)50-48-46-11-9-7-2)54-65-66(62,63)64-53-52-59(3,4)5/h8,10,13-14,16-17,19-20,22-23,25-26,55-56,60H,6-7,9,11-12,15,18,21,24,27-54H2,1-5H3,(H-,58,61,62,63)/b10-8-,14-13-,17-16-,20-19-,23-22-,26-25-. The van der Waals surface area contributed by atoms with Crippen LogP contribution < -0.4 is 10.2 Å². The van der Waals surface area contributed by atoms with E-state index in [4.69, 9.17) is 9.05 Å². The second kappa shape index (κ2) is 48.0. The predicted molar refractivity (Wildman–Crippen MR) is 284 cm³/mol. The molecule has 9 heteroatoms. The number of nitrogens with zero attached hydrogens (tertiary/aromatic N) is 1. The van der Waals surface area contributed by atoms with E-state index in [0.29, 0.717) is 23.9 Å². The summed E-state index contributed by atoms with van der Waals surface area (Å²) in [7, 11) is 1.30. The van der Waals surface area contributed by atoms with Crippen molar-refractivity contribution in [2.45, 2.75) is 244 Å². The summed E-state index contributed by atoms with van der Waals surface area (Å²) < 4.78 is 23.1. The first-order valence-corrected chi connectivity index (χ1v) is 28.7. The molecule has 8 nitrogen and oxygen atoms in total. The Kier molecular flexibility index (Phi) is 46.5. The first kappa shape index (κ1) is 63.9. The van der Waals surface area contributed by atoms with Gasteiger partial charge in [0.25, 0.3) is 7.82 Å². The number of aliphatic hydroxyl groups excluding tert-OH is 1. The van der Waals surface area contributed by atoms with Crippen LogP contribution in [-0.2, 0) is 18.4 Å². The SMILES string of the molecule is CC/C=C\C/C=C\C/C=C\C/C=C\C/C=C\C/C=C\CCCCCCCCCCCCCCCCCCCCCCC(=O)NC(COP(=O)([O-])OCC[N+](C)(C)C)C(O)CCCCCCC. The molecular weight excluding hydrogens is 840 g/mol. The molecule has 0 radical (unpaired) electrons. The summed E-state index contributed by atoms with van der Waals surface area (Å²) in [6.07, 6.45) is 65.8. The van der Waals surface area contributed by atoms with Gasteiger partial charge in [-0.05, 0) is 64.2 Å². The van der Waals surface area contributed by atoms with Crippen molar-refractivity contribution in [2.75, 3.05) is 40.9 Å². The zero-order valence-electron chi connectivity index (χ0n) is 43.6. The minimum absolute atomic E-state index is 0.0108. The summed E-state index contributed by atoms with van der Waals surface area (Å²) in [6.45, 7) is 4.51. The number of phosphoric acid groups is 1. The van der Waals surface area contributed by atoms with E-state index in [2.05, 4.69) is 92.1 Å². The maximum Gasteiger partial charge on any atom is 0.268 e. The van der Waals surface area contributed by atoms with E-state index in [-0.39, 0.29) is 19.1 Å². The van der Waals surface area contributed by atoms with Gasteiger partial charge >= 0.3 is 0 Å². The van der Waals surface area contributed by atoms with E-state index in [1.54, 1.807) is 0 Å². The molecule has 0 aliphatic heterocycles. The van der Waals surface area contributed by atoms with Gasteiger partial charge in [0.05, 0.1) is 39.9 Å². The minimum atomic E-state index is -4.55. The van der Waals surface area contributed by atoms with Crippen molar-refractivity contribution in [2.24, 2.45) is 0 Å². The van der Waals surface area contributed by atoms with Crippen molar-refractivity contribution in [1.29, 1.82) is 0 Å². The number of phosphoric ester groups is 1. The van der Waals surface area contributed by atoms with Crippen LogP contribution in [0.2, 0.25) is 0 Å². The number of allylic oxidation sites excluding steroid dienone is 12. The molecule has 0 aromatic heterocycles. The number of likely N-dealkylation sites (N-methyl/N-ethyl adjacent to an activating group) is 1. The van der Waals surface area contributed by atoms with Crippen molar-refractivity contribution < 1.29 is 32.9 Å². The Balaban J connectivity index is 3.74. The van der Waals surface area contributed by atoms with E-state index in [1.807, 2.05) is 21.1 Å². The fourth-order valence-electron chi connectivity index (χ4n) is 7.69. The van der Waals surface area contributed by atoms with E-state index in [1.165, 1.54) is 116 Å². The fraction of sp³-hybridized carbons (Fsp3) is 0.772. The van der Waals surface area contributed by atoms with Crippen LogP contribution in [0.5, 0.6) is 0 Å². The number of carbonyl (C=O) groups is 1. The highest BCUT2D eigenvalue weighted by Crippen LogP contribution is 2.38. The largest absolute Gasteiger partial charge is 0.756 e. The molecule has 0 aromatic rings. The highest BCUT2D eigenvalue weighted by Gasteiger charge is 2.24. The first-order chi connectivity index (χ1) is 32.0. The van der Waals surface area contributed by atoms with Crippen LogP contribution >= 0.6 is 7.82 Å². The molecule has 0 saturated carbocycles. The third-order valence-electron chi connectivity index (χ3n) is 12.0. The Morgan fingerprint density at radius 1 is 0.545 bits per heavy atom. The molecule has 3 unspecified atom stereocenters. The average Bonchev–Trinajstić information content (AvgIpc) is 3.27. The second-order valence-electron chi connectivity index (χ2n) is 19.6. The molecule has 0 saturated heterocycles. The molecule has 0 fully saturated rings. The van der Waals surface area contributed by atoms with Crippen LogP contribution in [0.4, 0.5) is 0 Å². The van der Waals surface area contributed by atoms with Gasteiger partial charge in [0.2, 0.25) is 5.91 Å². The molecule has 0 heterocycles. The smallest absolute Gasteiger partial charge is 0.268 e. The third kappa shape index (κ3) is 49.8. The van der Waals surface area contributed by atoms with Gasteiger partial charge in [0.1, 0.15) is 13.2 Å². The highest BCUT2D eigenvalue weighted by atomic mass is 31.2. The number of nitrogens with one attached hydrogen (secondary N) is 1. The number of hydrogen-bond donors (Lipinski definition) is 2. The minimum Gasteiger partial charge on any atom is -0.756 e. The van der Waals surface area contributed by atoms with E-state index in [9.17, 15) is 19.4 Å². The summed E-state index contributed by atoms with van der Waals surface area (Å²) in [6, 6.07) is -0.797. The lowest BCUT2D eigenvalue weighted by molar-refractivity contribution is -0.870. The van der Waals surface area contributed by atoms with E-state index >= 15 is 0 Å². The average molecular weight is 945 g/mol. The normalized spacial score (nSPS) is 14.6. The molecular formula is C57H105N2O6P. The topological polar surface area (TPSA) is 108 Å². The molecule has 0 aromatic carbocycles. The van der Waals surface area contributed by atoms with Crippen LogP contribution in [0.15, 0.2) is 72.9 Å². The highest BCUT2D eigenvalue weighted by molar-refractivity contribution is 7.45. The van der Waals surface area contributed by atoms with Gasteiger partial charge < -0.3 is 28.8 Å². The summed E-state index contributed by atoms with van der Waals surface area (Å²) >= 11 is 0. The number of amides is 1. The molecule has 0 aliphatic carbocycles. The van der Waals surface area contributed by atoms with Gasteiger partial charge in [-0.2, -0.15) is 0 Å². The number of carbonyl (C=O) groups excluding carboxylic acids is 1. The van der Waals surface area contributed by atoms with Gasteiger partial charge in [-0.3, -0.25) is 9.36 Å². The van der Waals surface area contributed by atoms with Crippen molar-refractivity contribution >= 4 is 13.7 Å². The van der Waals surface area contributed by atoms with Crippen LogP contribution in [0, 0.1) is 0 Å². The molecule has 384 valence electrons. The maximum atomic E-state index is 12.8. The number of hydrogen-bond acceptors (Lipinski definition) is 6. The molecule has 0 rings (SSSR count). The Morgan fingerprint density at radius 2 is 0.924 bits per heavy atom. The Morgan fingerprint density at radius 3 is 1.35 bits per heavy atom. The van der Waals surface area contributed by atoms with Gasteiger partial charge in [0, 0.05) is 6.42 Å². The lowest BCUT2D eigenvalue weighted by atomic mass is 10.0. The summed E-state index contributed by atoms with van der Waals surface area (Å²) in [5.74, 6) is -0.171. The third-order valence-corrected chi connectivity index (χ3v) is 12.9. The van der Waals surface area contributed by atoms with E-state index < -0.39 is 20.0 Å². The van der Waals surface area contributed by atoms with Crippen molar-refractivity contribution in [3.63, 3.8) is 0 Å². The first-order valence-electron chi connectivity index (χ1n) is 27.3. The Hall–Kier alpha value is -2.06. The van der Waals surface area contributed by atoms with Gasteiger partial charge in [0.15, 0.2) is 0 Å². The van der Waals surface area contributed by atoms with Gasteiger partial charge in [-0.1, -0.05) is 234 Å². The molecule has 1 amide bonds. The predicted octanol–water partition coefficient (Wildman–Crippen LogP) is 15.7. The van der Waals surface area contributed by atoms with Crippen molar-refractivity contribution in [3.8, 4) is 0 Å². The van der Waals surface area contributed by atoms with Crippen LogP contribution in [-0.4, -0.2) is 68.5 Å². The van der Waals surface area contributed by atoms with Crippen LogP contribution in [0.25, 0.3) is 0 Å². The van der Waals surface area contributed by atoms with Crippen LogP contribution in [0.3, 0.4) is 0 Å². The molecule has 3 atom stereocenters. The number of rotatable bonds is 49. The molecule has 0 bridgehead atoms. The van der Waals surface area contributed by atoms with Gasteiger partial charge in [-0.25, -0.2) is 0 Å². The number of quaternary nitrogens is 1. The Bertz CT molecular complexity index is 1300. The fourth-order valence-corrected chi connectivity index (χ4v) is 8.41. The monoisotopic (exact) mass is 945 g/mol. The van der Waals surface area contributed by atoms with Crippen LogP contribution in [0.1, 0.15) is 232 Å². The maximum absolute atomic E-state index is 12.8. The number of aliphatic hydroxyl groups is 1. The second-order valence-corrected chi connectivity index (χ2v) is 21.0. The van der Waals surface area contributed by atoms with Crippen molar-refractivity contribution in [1.82, 2.24) is 5.32 Å². The summed E-state index contributed by atoms with van der Waals surface area (Å²) in [4.78, 5) is 25.2. The van der Waals surface area contributed by atoms with Crippen molar-refractivity contribution in [3.05, 3.63) is 72.9 Å². The molecule has 0 aliphatic rings. The quantitative estimate of drug-likeness (QED) is 0.0272. The number of unbranched alkanes of at least 4 members (excludes halogenated alkanes) is 24. The Labute approximate surface area is 408 Å². The molecule has 66 heavy (non-hydrogen) atoms. The van der Waals surface area contributed by atoms with E-state index in [0.717, 1.165) is 89.9 Å². The molecule has 2 N–H and O–H groups in total. The zero-order valence-corrected chi connectivity index (χ0v) is 44.5. The summed E-state index contributed by atoms with van der Waals surface area (Å²) in [5.41, 5.74) is 0. The summed E-state index contributed by atoms with van der Waals surface area (Å²) in [5, 5.41) is 13.7. The van der Waals surface area contributed by atoms with Gasteiger partial charge in [-0.15, -0.1) is 0 Å². The lowest BCUT2D eigenvalue weighted by Crippen LogP contribution is -2.46.